The number of piperazine rings is 1. The number of hydrogen-bond acceptors (Lipinski definition) is 8. The smallest absolute Gasteiger partial charge is 0.264 e. The first-order valence-electron chi connectivity index (χ1n) is 9.85. The number of aromatic amines is 1. The topological polar surface area (TPSA) is 120 Å². The third-order valence-corrected chi connectivity index (χ3v) is 8.54. The average molecular weight is 475 g/mol. The zero-order valence-electron chi connectivity index (χ0n) is 17.6. The number of hydrogen-bond donors (Lipinski definition) is 1. The van der Waals surface area contributed by atoms with Crippen molar-refractivity contribution in [1.82, 2.24) is 24.4 Å². The minimum atomic E-state index is -3.67. The second-order valence-corrected chi connectivity index (χ2v) is 10.6. The van der Waals surface area contributed by atoms with Gasteiger partial charge in [0.2, 0.25) is 0 Å². The van der Waals surface area contributed by atoms with Crippen LogP contribution < -0.4 is 10.5 Å². The summed E-state index contributed by atoms with van der Waals surface area (Å²) in [5.74, 6) is 0.413. The zero-order chi connectivity index (χ0) is 22.9. The van der Waals surface area contributed by atoms with Gasteiger partial charge >= 0.3 is 0 Å². The minimum Gasteiger partial charge on any atom is -0.353 e. The number of carbonyl (C=O) groups excluding carboxylic acids is 1. The van der Waals surface area contributed by atoms with Crippen LogP contribution in [0.2, 0.25) is 0 Å². The molecule has 1 aliphatic heterocycles. The van der Waals surface area contributed by atoms with Crippen LogP contribution in [0, 0.1) is 0 Å². The van der Waals surface area contributed by atoms with Gasteiger partial charge in [0.25, 0.3) is 21.5 Å². The molecule has 12 heteroatoms. The van der Waals surface area contributed by atoms with Crippen LogP contribution >= 0.6 is 11.3 Å². The van der Waals surface area contributed by atoms with Crippen LogP contribution in [0.25, 0.3) is 10.6 Å². The molecule has 0 saturated carbocycles. The maximum Gasteiger partial charge on any atom is 0.264 e. The molecule has 1 fully saturated rings. The van der Waals surface area contributed by atoms with Gasteiger partial charge in [0.1, 0.15) is 15.7 Å². The molecule has 10 nitrogen and oxygen atoms in total. The first-order chi connectivity index (χ1) is 15.3. The maximum atomic E-state index is 13.2. The molecule has 0 bridgehead atoms. The Morgan fingerprint density at radius 1 is 1.09 bits per heavy atom. The number of amides is 1. The van der Waals surface area contributed by atoms with E-state index in [-0.39, 0.29) is 28.8 Å². The summed E-state index contributed by atoms with van der Waals surface area (Å²) >= 11 is 1.11. The average Bonchev–Trinajstić information content (AvgIpc) is 3.30. The van der Waals surface area contributed by atoms with Crippen LogP contribution in [0.3, 0.4) is 0 Å². The van der Waals surface area contributed by atoms with Gasteiger partial charge in [-0.1, -0.05) is 0 Å². The predicted molar refractivity (Wildman–Crippen MR) is 121 cm³/mol. The number of nitrogens with zero attached hydrogens (tertiary/aromatic N) is 5. The predicted octanol–water partition coefficient (Wildman–Crippen LogP) is 1.11. The Bertz CT molecular complexity index is 1270. The molecule has 1 amide bonds. The van der Waals surface area contributed by atoms with Crippen molar-refractivity contribution in [3.8, 4) is 10.6 Å². The highest BCUT2D eigenvalue weighted by atomic mass is 32.2. The molecular weight excluding hydrogens is 452 g/mol. The maximum absolute atomic E-state index is 13.2. The highest BCUT2D eigenvalue weighted by Gasteiger charge is 2.31. The fraction of sp³-hybridized carbons (Fsp3) is 0.300. The molecule has 1 N–H and O–H groups in total. The standard InChI is InChI=1S/C20H22N6O4S2/c1-24(2)20(28)14-4-3-9-21-19(14)25-10-12-26(13-11-25)32(29,30)18-8-6-16(31-18)15-5-7-17(27)23-22-15/h3-9H,10-13H2,1-2H3,(H,23,27). The van der Waals surface area contributed by atoms with Gasteiger partial charge in [-0.25, -0.2) is 18.5 Å². The summed E-state index contributed by atoms with van der Waals surface area (Å²) in [7, 11) is -0.309. The summed E-state index contributed by atoms with van der Waals surface area (Å²) in [6, 6.07) is 9.59. The van der Waals surface area contributed by atoms with Gasteiger partial charge in [-0.05, 0) is 30.3 Å². The molecule has 3 aromatic heterocycles. The SMILES string of the molecule is CN(C)C(=O)c1cccnc1N1CCN(S(=O)(=O)c2ccc(-c3ccc(=O)[nH]n3)s2)CC1. The van der Waals surface area contributed by atoms with E-state index >= 15 is 0 Å². The Morgan fingerprint density at radius 2 is 1.84 bits per heavy atom. The van der Waals surface area contributed by atoms with E-state index in [1.54, 1.807) is 50.6 Å². The number of sulfonamides is 1. The van der Waals surface area contributed by atoms with Gasteiger partial charge in [0.15, 0.2) is 0 Å². The molecule has 1 aliphatic rings. The summed E-state index contributed by atoms with van der Waals surface area (Å²) < 4.78 is 28.0. The van der Waals surface area contributed by atoms with Gasteiger partial charge in [0, 0.05) is 52.5 Å². The summed E-state index contributed by atoms with van der Waals surface area (Å²) in [5, 5.41) is 6.31. The van der Waals surface area contributed by atoms with Crippen molar-refractivity contribution < 1.29 is 13.2 Å². The molecule has 3 aromatic rings. The molecular formula is C20H22N6O4S2. The highest BCUT2D eigenvalue weighted by Crippen LogP contribution is 2.31. The largest absolute Gasteiger partial charge is 0.353 e. The third kappa shape index (κ3) is 4.29. The van der Waals surface area contributed by atoms with E-state index in [1.165, 1.54) is 15.3 Å². The van der Waals surface area contributed by atoms with Gasteiger partial charge in [-0.3, -0.25) is 9.59 Å². The number of pyridine rings is 1. The number of anilines is 1. The van der Waals surface area contributed by atoms with Crippen molar-refractivity contribution >= 4 is 33.1 Å². The van der Waals surface area contributed by atoms with Crippen molar-refractivity contribution in [3.05, 3.63) is 58.5 Å². The molecule has 0 spiro atoms. The lowest BCUT2D eigenvalue weighted by Gasteiger charge is -2.35. The van der Waals surface area contributed by atoms with E-state index < -0.39 is 10.0 Å². The Hall–Kier alpha value is -3.09. The van der Waals surface area contributed by atoms with E-state index in [0.29, 0.717) is 35.0 Å². The Morgan fingerprint density at radius 3 is 2.50 bits per heavy atom. The lowest BCUT2D eigenvalue weighted by molar-refractivity contribution is 0.0827. The fourth-order valence-corrected chi connectivity index (χ4v) is 6.25. The van der Waals surface area contributed by atoms with Crippen molar-refractivity contribution in [2.24, 2.45) is 0 Å². The van der Waals surface area contributed by atoms with Crippen LogP contribution in [0.1, 0.15) is 10.4 Å². The van der Waals surface area contributed by atoms with E-state index in [9.17, 15) is 18.0 Å². The second kappa shape index (κ2) is 8.81. The van der Waals surface area contributed by atoms with Crippen LogP contribution in [-0.2, 0) is 10.0 Å². The molecule has 168 valence electrons. The molecule has 0 aromatic carbocycles. The molecule has 0 radical (unpaired) electrons. The summed E-state index contributed by atoms with van der Waals surface area (Å²) in [5.41, 5.74) is 0.679. The van der Waals surface area contributed by atoms with E-state index in [2.05, 4.69) is 15.2 Å². The zero-order valence-corrected chi connectivity index (χ0v) is 19.2. The number of rotatable bonds is 5. The van der Waals surface area contributed by atoms with Crippen molar-refractivity contribution in [1.29, 1.82) is 0 Å². The Balaban J connectivity index is 1.50. The van der Waals surface area contributed by atoms with Crippen LogP contribution in [-0.4, -0.2) is 79.0 Å². The molecule has 32 heavy (non-hydrogen) atoms. The van der Waals surface area contributed by atoms with E-state index in [4.69, 9.17) is 0 Å². The Labute approximate surface area is 189 Å². The quantitative estimate of drug-likeness (QED) is 0.588. The number of H-pyrrole nitrogens is 1. The lowest BCUT2D eigenvalue weighted by Crippen LogP contribution is -2.49. The first kappa shape index (κ1) is 22.1. The van der Waals surface area contributed by atoms with Gasteiger partial charge < -0.3 is 9.80 Å². The molecule has 0 atom stereocenters. The molecule has 4 rings (SSSR count). The summed E-state index contributed by atoms with van der Waals surface area (Å²) in [6.07, 6.45) is 1.63. The summed E-state index contributed by atoms with van der Waals surface area (Å²) in [4.78, 5) is 32.1. The third-order valence-electron chi connectivity index (χ3n) is 5.07. The Kier molecular flexibility index (Phi) is 6.09. The van der Waals surface area contributed by atoms with E-state index in [0.717, 1.165) is 11.3 Å². The van der Waals surface area contributed by atoms with Gasteiger partial charge in [-0.2, -0.15) is 9.40 Å². The van der Waals surface area contributed by atoms with Crippen molar-refractivity contribution in [3.63, 3.8) is 0 Å². The lowest BCUT2D eigenvalue weighted by atomic mass is 10.2. The van der Waals surface area contributed by atoms with Crippen LogP contribution in [0.4, 0.5) is 5.82 Å². The summed E-state index contributed by atoms with van der Waals surface area (Å²) in [6.45, 7) is 1.39. The van der Waals surface area contributed by atoms with Gasteiger partial charge in [-0.15, -0.1) is 11.3 Å². The van der Waals surface area contributed by atoms with Crippen molar-refractivity contribution in [2.45, 2.75) is 4.21 Å². The minimum absolute atomic E-state index is 0.148. The molecule has 4 heterocycles. The van der Waals surface area contributed by atoms with Crippen LogP contribution in [0.15, 0.2) is 51.6 Å². The fourth-order valence-electron chi connectivity index (χ4n) is 3.40. The van der Waals surface area contributed by atoms with Gasteiger partial charge in [0.05, 0.1) is 10.4 Å². The van der Waals surface area contributed by atoms with Crippen LogP contribution in [0.5, 0.6) is 0 Å². The number of nitrogens with one attached hydrogen (secondary N) is 1. The second-order valence-electron chi connectivity index (χ2n) is 7.39. The first-order valence-corrected chi connectivity index (χ1v) is 12.1. The highest BCUT2D eigenvalue weighted by molar-refractivity contribution is 7.91. The van der Waals surface area contributed by atoms with E-state index in [1.807, 2.05) is 4.90 Å². The molecule has 0 aliphatic carbocycles. The number of carbonyl (C=O) groups is 1. The molecule has 1 saturated heterocycles. The number of thiophene rings is 1. The molecule has 0 unspecified atom stereocenters. The van der Waals surface area contributed by atoms with Crippen molar-refractivity contribution in [2.75, 3.05) is 45.2 Å². The number of aromatic nitrogens is 3. The normalized spacial score (nSPS) is 15.0. The monoisotopic (exact) mass is 474 g/mol.